The average Bonchev–Trinajstić information content (AvgIpc) is 2.97. The van der Waals surface area contributed by atoms with Gasteiger partial charge in [0.2, 0.25) is 10.0 Å². The first-order chi connectivity index (χ1) is 12.0. The van der Waals surface area contributed by atoms with E-state index in [2.05, 4.69) is 5.32 Å². The summed E-state index contributed by atoms with van der Waals surface area (Å²) in [6, 6.07) is 7.77. The second-order valence-corrected chi connectivity index (χ2v) is 8.25. The highest BCUT2D eigenvalue weighted by Crippen LogP contribution is 2.20. The first-order valence-electron chi connectivity index (χ1n) is 7.77. The number of aryl methyl sites for hydroxylation is 1. The molecule has 2 rings (SSSR count). The van der Waals surface area contributed by atoms with Gasteiger partial charge in [-0.15, -0.1) is 0 Å². The first kappa shape index (κ1) is 19.7. The molecule has 0 spiro atoms. The van der Waals surface area contributed by atoms with Crippen LogP contribution >= 0.6 is 0 Å². The number of carbonyl (C=O) groups is 2. The Morgan fingerprint density at radius 1 is 1.19 bits per heavy atom. The van der Waals surface area contributed by atoms with Gasteiger partial charge in [0.05, 0.1) is 5.92 Å². The Morgan fingerprint density at radius 2 is 1.77 bits per heavy atom. The van der Waals surface area contributed by atoms with Crippen molar-refractivity contribution >= 4 is 27.6 Å². The molecule has 0 saturated carbocycles. The number of sulfonamides is 1. The van der Waals surface area contributed by atoms with Crippen molar-refractivity contribution in [1.29, 1.82) is 0 Å². The Hall–Kier alpha value is -2.65. The van der Waals surface area contributed by atoms with Crippen LogP contribution in [0.5, 0.6) is 0 Å². The van der Waals surface area contributed by atoms with Gasteiger partial charge in [-0.3, -0.25) is 9.59 Å². The van der Waals surface area contributed by atoms with E-state index in [0.29, 0.717) is 11.3 Å². The Morgan fingerprint density at radius 3 is 2.27 bits per heavy atom. The number of aliphatic carboxylic acids is 1. The molecular formula is C17H21N3O5S. The van der Waals surface area contributed by atoms with Crippen LogP contribution in [-0.4, -0.2) is 48.4 Å². The summed E-state index contributed by atoms with van der Waals surface area (Å²) in [5, 5.41) is 11.7. The van der Waals surface area contributed by atoms with Gasteiger partial charge in [-0.2, -0.15) is 0 Å². The van der Waals surface area contributed by atoms with E-state index in [0.717, 1.165) is 4.31 Å². The van der Waals surface area contributed by atoms with E-state index in [-0.39, 0.29) is 10.6 Å². The van der Waals surface area contributed by atoms with Gasteiger partial charge in [-0.25, -0.2) is 12.7 Å². The molecule has 1 aromatic heterocycles. The van der Waals surface area contributed by atoms with Crippen molar-refractivity contribution in [1.82, 2.24) is 8.87 Å². The van der Waals surface area contributed by atoms with Crippen LogP contribution in [0, 0.1) is 0 Å². The minimum atomic E-state index is -3.63. The average molecular weight is 379 g/mol. The normalized spacial score (nSPS) is 12.8. The molecule has 1 atom stereocenters. The van der Waals surface area contributed by atoms with Crippen LogP contribution in [0.2, 0.25) is 0 Å². The number of nitrogens with one attached hydrogen (secondary N) is 1. The fourth-order valence-corrected chi connectivity index (χ4v) is 3.28. The quantitative estimate of drug-likeness (QED) is 0.794. The Balaban J connectivity index is 2.21. The number of carboxylic acids is 1. The zero-order valence-electron chi connectivity index (χ0n) is 14.9. The molecule has 2 N–H and O–H groups in total. The summed E-state index contributed by atoms with van der Waals surface area (Å²) < 4.78 is 26.8. The summed E-state index contributed by atoms with van der Waals surface area (Å²) in [6.07, 6.45) is 1.38. The summed E-state index contributed by atoms with van der Waals surface area (Å²) in [6.45, 7) is 1.58. The van der Waals surface area contributed by atoms with Crippen LogP contribution in [-0.2, 0) is 21.9 Å². The zero-order chi connectivity index (χ0) is 19.6. The Bertz CT molecular complexity index is 930. The number of carboxylic acid groups (broad SMARTS) is 1. The Labute approximate surface area is 152 Å². The van der Waals surface area contributed by atoms with Crippen molar-refractivity contribution < 1.29 is 23.1 Å². The summed E-state index contributed by atoms with van der Waals surface area (Å²) >= 11 is 0. The highest BCUT2D eigenvalue weighted by Gasteiger charge is 2.22. The molecule has 0 fully saturated rings. The van der Waals surface area contributed by atoms with Crippen LogP contribution in [0.3, 0.4) is 0 Å². The molecule has 26 heavy (non-hydrogen) atoms. The molecule has 0 aliphatic rings. The zero-order valence-corrected chi connectivity index (χ0v) is 15.7. The van der Waals surface area contributed by atoms with Crippen LogP contribution in [0.15, 0.2) is 41.4 Å². The molecule has 0 radical (unpaired) electrons. The van der Waals surface area contributed by atoms with Crippen molar-refractivity contribution in [3.8, 4) is 0 Å². The third kappa shape index (κ3) is 3.94. The maximum atomic E-state index is 12.4. The van der Waals surface area contributed by atoms with E-state index >= 15 is 0 Å². The molecule has 1 aromatic carbocycles. The van der Waals surface area contributed by atoms with Crippen molar-refractivity contribution in [3.63, 3.8) is 0 Å². The molecule has 1 unspecified atom stereocenters. The number of hydrogen-bond donors (Lipinski definition) is 2. The standard InChI is InChI=1S/C17H21N3O5S/c1-11(17(22)23)12-5-7-13(8-6-12)18-16(21)15-9-14(10-20(15)4)26(24,25)19(2)3/h5-11H,1-4H3,(H,18,21)(H,22,23). The molecule has 9 heteroatoms. The smallest absolute Gasteiger partial charge is 0.310 e. The summed E-state index contributed by atoms with van der Waals surface area (Å²) in [4.78, 5) is 23.5. The molecule has 1 heterocycles. The van der Waals surface area contributed by atoms with E-state index in [4.69, 9.17) is 5.11 Å². The van der Waals surface area contributed by atoms with Gasteiger partial charge in [0.1, 0.15) is 10.6 Å². The van der Waals surface area contributed by atoms with Gasteiger partial charge in [0.25, 0.3) is 5.91 Å². The van der Waals surface area contributed by atoms with Crippen molar-refractivity contribution in [2.75, 3.05) is 19.4 Å². The Kier molecular flexibility index (Phi) is 5.53. The third-order valence-electron chi connectivity index (χ3n) is 4.03. The molecule has 140 valence electrons. The van der Waals surface area contributed by atoms with Gasteiger partial charge in [-0.05, 0) is 30.7 Å². The predicted molar refractivity (Wildman–Crippen MR) is 96.7 cm³/mol. The van der Waals surface area contributed by atoms with E-state index < -0.39 is 27.8 Å². The maximum absolute atomic E-state index is 12.4. The number of aromatic nitrogens is 1. The second-order valence-electron chi connectivity index (χ2n) is 6.10. The van der Waals surface area contributed by atoms with Crippen LogP contribution in [0.4, 0.5) is 5.69 Å². The molecular weight excluding hydrogens is 358 g/mol. The predicted octanol–water partition coefficient (Wildman–Crippen LogP) is 1.72. The number of benzene rings is 1. The van der Waals surface area contributed by atoms with Crippen molar-refractivity contribution in [2.24, 2.45) is 7.05 Å². The molecule has 8 nitrogen and oxygen atoms in total. The number of hydrogen-bond acceptors (Lipinski definition) is 4. The minimum Gasteiger partial charge on any atom is -0.481 e. The van der Waals surface area contributed by atoms with Gasteiger partial charge >= 0.3 is 5.97 Å². The van der Waals surface area contributed by atoms with E-state index in [1.165, 1.54) is 30.9 Å². The second kappa shape index (κ2) is 7.30. The van der Waals surface area contributed by atoms with Gasteiger partial charge in [-0.1, -0.05) is 12.1 Å². The number of nitrogens with zero attached hydrogens (tertiary/aromatic N) is 2. The fourth-order valence-electron chi connectivity index (χ4n) is 2.30. The lowest BCUT2D eigenvalue weighted by molar-refractivity contribution is -0.138. The van der Waals surface area contributed by atoms with E-state index in [9.17, 15) is 18.0 Å². The summed E-state index contributed by atoms with van der Waals surface area (Å²) in [5.74, 6) is -2.04. The van der Waals surface area contributed by atoms with Crippen LogP contribution < -0.4 is 5.32 Å². The lowest BCUT2D eigenvalue weighted by atomic mass is 10.0. The van der Waals surface area contributed by atoms with E-state index in [1.807, 2.05) is 0 Å². The number of anilines is 1. The summed E-state index contributed by atoms with van der Waals surface area (Å²) in [7, 11) is 0.790. The topological polar surface area (TPSA) is 109 Å². The molecule has 0 bridgehead atoms. The lowest BCUT2D eigenvalue weighted by Gasteiger charge is -2.09. The number of amides is 1. The molecule has 1 amide bonds. The largest absolute Gasteiger partial charge is 0.481 e. The molecule has 0 saturated heterocycles. The van der Waals surface area contributed by atoms with Crippen molar-refractivity contribution in [3.05, 3.63) is 47.8 Å². The van der Waals surface area contributed by atoms with Crippen molar-refractivity contribution in [2.45, 2.75) is 17.7 Å². The number of rotatable bonds is 6. The lowest BCUT2D eigenvalue weighted by Crippen LogP contribution is -2.21. The maximum Gasteiger partial charge on any atom is 0.310 e. The van der Waals surface area contributed by atoms with E-state index in [1.54, 1.807) is 38.2 Å². The highest BCUT2D eigenvalue weighted by atomic mass is 32.2. The minimum absolute atomic E-state index is 0.0285. The highest BCUT2D eigenvalue weighted by molar-refractivity contribution is 7.89. The monoisotopic (exact) mass is 379 g/mol. The molecule has 0 aliphatic heterocycles. The number of carbonyl (C=O) groups excluding carboxylic acids is 1. The fraction of sp³-hybridized carbons (Fsp3) is 0.294. The third-order valence-corrected chi connectivity index (χ3v) is 5.81. The van der Waals surface area contributed by atoms with Crippen LogP contribution in [0.25, 0.3) is 0 Å². The molecule has 0 aliphatic carbocycles. The molecule has 2 aromatic rings. The summed E-state index contributed by atoms with van der Waals surface area (Å²) in [5.41, 5.74) is 1.29. The SMILES string of the molecule is CC(C(=O)O)c1ccc(NC(=O)c2cc(S(=O)(=O)N(C)C)cn2C)cc1. The first-order valence-corrected chi connectivity index (χ1v) is 9.21. The van der Waals surface area contributed by atoms with Crippen LogP contribution in [0.1, 0.15) is 28.9 Å². The van der Waals surface area contributed by atoms with Gasteiger partial charge in [0, 0.05) is 33.0 Å². The van der Waals surface area contributed by atoms with Gasteiger partial charge < -0.3 is 15.0 Å². The van der Waals surface area contributed by atoms with Gasteiger partial charge in [0.15, 0.2) is 0 Å².